The Morgan fingerprint density at radius 1 is 1.21 bits per heavy atom. The summed E-state index contributed by atoms with van der Waals surface area (Å²) in [4.78, 5) is 13.6. The highest BCUT2D eigenvalue weighted by atomic mass is 35.5. The van der Waals surface area contributed by atoms with Crippen molar-refractivity contribution in [3.8, 4) is 0 Å². The fraction of sp³-hybridized carbons (Fsp3) is 0.647. The Hall–Kier alpha value is -0.880. The zero-order chi connectivity index (χ0) is 15.5. The first-order chi connectivity index (χ1) is 10.7. The average Bonchev–Trinajstić information content (AvgIpc) is 3.04. The van der Waals surface area contributed by atoms with Gasteiger partial charge in [-0.05, 0) is 31.2 Å². The minimum atomic E-state index is -0.248. The van der Waals surface area contributed by atoms with Crippen LogP contribution >= 0.6 is 24.8 Å². The second-order valence-corrected chi connectivity index (χ2v) is 6.58. The monoisotopic (exact) mass is 375 g/mol. The van der Waals surface area contributed by atoms with Crippen LogP contribution in [-0.4, -0.2) is 36.0 Å². The summed E-state index contributed by atoms with van der Waals surface area (Å²) in [6, 6.07) is 6.18. The summed E-state index contributed by atoms with van der Waals surface area (Å²) < 4.78 is 0. The second kappa shape index (κ2) is 9.56. The highest BCUT2D eigenvalue weighted by Crippen LogP contribution is 2.40. The number of piperazine rings is 1. The van der Waals surface area contributed by atoms with Gasteiger partial charge >= 0.3 is 0 Å². The number of nitro benzene ring substituents is 1. The van der Waals surface area contributed by atoms with Crippen molar-refractivity contribution in [3.05, 3.63) is 39.4 Å². The third-order valence-corrected chi connectivity index (χ3v) is 5.16. The molecule has 24 heavy (non-hydrogen) atoms. The molecule has 0 bridgehead atoms. The maximum Gasteiger partial charge on any atom is 0.272 e. The number of nitrogens with one attached hydrogen (secondary N) is 1. The summed E-state index contributed by atoms with van der Waals surface area (Å²) in [7, 11) is 0. The third-order valence-electron chi connectivity index (χ3n) is 5.16. The molecular formula is C17H27Cl2N3O2. The molecule has 1 aliphatic carbocycles. The number of benzene rings is 1. The van der Waals surface area contributed by atoms with E-state index in [-0.39, 0.29) is 35.4 Å². The van der Waals surface area contributed by atoms with Crippen molar-refractivity contribution in [2.75, 3.05) is 26.2 Å². The molecule has 0 spiro atoms. The van der Waals surface area contributed by atoms with Crippen LogP contribution in [0.15, 0.2) is 18.2 Å². The number of nitrogens with zero attached hydrogens (tertiary/aromatic N) is 2. The molecule has 1 saturated carbocycles. The first-order valence-electron chi connectivity index (χ1n) is 8.36. The van der Waals surface area contributed by atoms with Crippen LogP contribution in [0.25, 0.3) is 0 Å². The van der Waals surface area contributed by atoms with E-state index in [2.05, 4.69) is 16.3 Å². The highest BCUT2D eigenvalue weighted by Gasteiger charge is 2.32. The molecular weight excluding hydrogens is 349 g/mol. The fourth-order valence-corrected chi connectivity index (χ4v) is 4.02. The van der Waals surface area contributed by atoms with E-state index in [4.69, 9.17) is 0 Å². The Morgan fingerprint density at radius 2 is 1.83 bits per heavy atom. The average molecular weight is 376 g/mol. The molecule has 2 aliphatic rings. The Balaban J connectivity index is 0.00000144. The van der Waals surface area contributed by atoms with Crippen molar-refractivity contribution in [3.63, 3.8) is 0 Å². The molecule has 0 aromatic heterocycles. The fourth-order valence-electron chi connectivity index (χ4n) is 4.02. The van der Waals surface area contributed by atoms with Crippen molar-refractivity contribution < 1.29 is 4.92 Å². The van der Waals surface area contributed by atoms with Crippen LogP contribution in [0, 0.1) is 23.0 Å². The van der Waals surface area contributed by atoms with Crippen LogP contribution in [0.4, 0.5) is 5.69 Å². The van der Waals surface area contributed by atoms with Crippen molar-refractivity contribution in [1.82, 2.24) is 10.2 Å². The summed E-state index contributed by atoms with van der Waals surface area (Å²) in [6.07, 6.45) is 5.08. The lowest BCUT2D eigenvalue weighted by Gasteiger charge is -2.38. The van der Waals surface area contributed by atoms with E-state index in [0.717, 1.165) is 37.3 Å². The van der Waals surface area contributed by atoms with E-state index in [1.807, 2.05) is 19.1 Å². The van der Waals surface area contributed by atoms with Crippen LogP contribution < -0.4 is 5.32 Å². The van der Waals surface area contributed by atoms with Crippen molar-refractivity contribution in [2.24, 2.45) is 5.92 Å². The van der Waals surface area contributed by atoms with Crippen LogP contribution in [0.5, 0.6) is 0 Å². The summed E-state index contributed by atoms with van der Waals surface area (Å²) in [5.41, 5.74) is 2.14. The van der Waals surface area contributed by atoms with Gasteiger partial charge in [0.15, 0.2) is 0 Å². The Morgan fingerprint density at radius 3 is 2.42 bits per heavy atom. The van der Waals surface area contributed by atoms with Crippen LogP contribution in [0.1, 0.15) is 42.9 Å². The summed E-state index contributed by atoms with van der Waals surface area (Å²) in [5, 5.41) is 14.7. The number of aryl methyl sites for hydroxylation is 1. The molecule has 1 heterocycles. The van der Waals surface area contributed by atoms with E-state index in [1.54, 1.807) is 0 Å². The van der Waals surface area contributed by atoms with Gasteiger partial charge in [0.05, 0.1) is 4.92 Å². The van der Waals surface area contributed by atoms with E-state index in [1.165, 1.54) is 25.7 Å². The maximum absolute atomic E-state index is 11.3. The van der Waals surface area contributed by atoms with Gasteiger partial charge in [-0.3, -0.25) is 15.0 Å². The molecule has 1 N–H and O–H groups in total. The molecule has 7 heteroatoms. The SMILES string of the molecule is Cc1ccc([C@H](C2CCCC2)N2CCNCC2)cc1[N+](=O)[O-].Cl.Cl. The van der Waals surface area contributed by atoms with Gasteiger partial charge < -0.3 is 5.32 Å². The number of hydrogen-bond acceptors (Lipinski definition) is 4. The van der Waals surface area contributed by atoms with Crippen molar-refractivity contribution in [2.45, 2.75) is 38.6 Å². The van der Waals surface area contributed by atoms with Crippen molar-refractivity contribution in [1.29, 1.82) is 0 Å². The quantitative estimate of drug-likeness (QED) is 0.640. The Kier molecular flexibility index (Phi) is 8.43. The highest BCUT2D eigenvalue weighted by molar-refractivity contribution is 5.85. The number of nitro groups is 1. The van der Waals surface area contributed by atoms with Crippen LogP contribution in [0.2, 0.25) is 0 Å². The Labute approximate surface area is 156 Å². The van der Waals surface area contributed by atoms with Gasteiger partial charge in [0.25, 0.3) is 5.69 Å². The summed E-state index contributed by atoms with van der Waals surface area (Å²) in [6.45, 7) is 5.90. The van der Waals surface area contributed by atoms with Crippen LogP contribution in [0.3, 0.4) is 0 Å². The van der Waals surface area contributed by atoms with Crippen LogP contribution in [-0.2, 0) is 0 Å². The molecule has 1 aromatic carbocycles. The molecule has 0 radical (unpaired) electrons. The molecule has 1 aliphatic heterocycles. The molecule has 3 rings (SSSR count). The van der Waals surface area contributed by atoms with Gasteiger partial charge in [0.1, 0.15) is 0 Å². The topological polar surface area (TPSA) is 58.4 Å². The predicted molar refractivity (Wildman–Crippen MR) is 101 cm³/mol. The van der Waals surface area contributed by atoms with E-state index < -0.39 is 0 Å². The largest absolute Gasteiger partial charge is 0.314 e. The molecule has 1 aromatic rings. The van der Waals surface area contributed by atoms with Gasteiger partial charge in [0, 0.05) is 43.9 Å². The minimum Gasteiger partial charge on any atom is -0.314 e. The Bertz CT molecular complexity index is 545. The van der Waals surface area contributed by atoms with Gasteiger partial charge in [-0.15, -0.1) is 24.8 Å². The normalized spacial score (nSPS) is 20.0. The van der Waals surface area contributed by atoms with E-state index >= 15 is 0 Å². The molecule has 5 nitrogen and oxygen atoms in total. The smallest absolute Gasteiger partial charge is 0.272 e. The predicted octanol–water partition coefficient (Wildman–Crippen LogP) is 3.88. The first-order valence-corrected chi connectivity index (χ1v) is 8.36. The summed E-state index contributed by atoms with van der Waals surface area (Å²) >= 11 is 0. The molecule has 0 amide bonds. The second-order valence-electron chi connectivity index (χ2n) is 6.58. The number of hydrogen-bond donors (Lipinski definition) is 1. The molecule has 1 saturated heterocycles. The van der Waals surface area contributed by atoms with E-state index in [9.17, 15) is 10.1 Å². The van der Waals surface area contributed by atoms with Gasteiger partial charge in [-0.25, -0.2) is 0 Å². The molecule has 136 valence electrons. The maximum atomic E-state index is 11.3. The van der Waals surface area contributed by atoms with Crippen molar-refractivity contribution >= 4 is 30.5 Å². The van der Waals surface area contributed by atoms with E-state index in [0.29, 0.717) is 12.0 Å². The van der Waals surface area contributed by atoms with Gasteiger partial charge in [-0.1, -0.05) is 25.0 Å². The molecule has 1 atom stereocenters. The van der Waals surface area contributed by atoms with Gasteiger partial charge in [0.2, 0.25) is 0 Å². The third kappa shape index (κ3) is 4.60. The first kappa shape index (κ1) is 21.2. The molecule has 2 fully saturated rings. The van der Waals surface area contributed by atoms with Gasteiger partial charge in [-0.2, -0.15) is 0 Å². The summed E-state index contributed by atoms with van der Waals surface area (Å²) in [5.74, 6) is 0.639. The lowest BCUT2D eigenvalue weighted by Crippen LogP contribution is -2.46. The number of halogens is 2. The zero-order valence-corrected chi connectivity index (χ0v) is 15.7. The minimum absolute atomic E-state index is 0. The standard InChI is InChI=1S/C17H25N3O2.2ClH/c1-13-6-7-15(12-16(13)20(21)22)17(14-4-2-3-5-14)19-10-8-18-9-11-19;;/h6-7,12,14,17-18H,2-5,8-11H2,1H3;2*1H/t17-;;/m0../s1. The zero-order valence-electron chi connectivity index (χ0n) is 14.1. The molecule has 0 unspecified atom stereocenters. The lowest BCUT2D eigenvalue weighted by atomic mass is 9.89. The number of rotatable bonds is 4. The lowest BCUT2D eigenvalue weighted by molar-refractivity contribution is -0.385.